The van der Waals surface area contributed by atoms with Gasteiger partial charge in [-0.1, -0.05) is 0 Å². The molecule has 1 aliphatic heterocycles. The van der Waals surface area contributed by atoms with Crippen molar-refractivity contribution in [3.05, 3.63) is 35.7 Å². The number of hydrogen-bond acceptors (Lipinski definition) is 4. The summed E-state index contributed by atoms with van der Waals surface area (Å²) in [6, 6.07) is 6.92. The molecule has 1 aromatic heterocycles. The monoisotopic (exact) mass is 312 g/mol. The Hall–Kier alpha value is -2.83. The fraction of sp³-hybridized carbons (Fsp3) is 0.312. The molecule has 0 spiro atoms. The molecule has 1 fully saturated rings. The van der Waals surface area contributed by atoms with Gasteiger partial charge in [0.25, 0.3) is 11.8 Å². The van der Waals surface area contributed by atoms with Crippen LogP contribution in [0.5, 0.6) is 5.75 Å². The molecule has 2 amide bonds. The third-order valence-corrected chi connectivity index (χ3v) is 4.02. The molecule has 7 heteroatoms. The summed E-state index contributed by atoms with van der Waals surface area (Å²) in [6.07, 6.45) is 1.77. The Morgan fingerprint density at radius 2 is 2.17 bits per heavy atom. The molecule has 3 N–H and O–H groups in total. The normalized spacial score (nSPS) is 19.5. The van der Waals surface area contributed by atoms with E-state index in [2.05, 4.69) is 20.8 Å². The lowest BCUT2D eigenvalue weighted by Gasteiger charge is -2.23. The van der Waals surface area contributed by atoms with Crippen molar-refractivity contribution in [2.24, 2.45) is 0 Å². The van der Waals surface area contributed by atoms with Crippen LogP contribution in [0, 0.1) is 0 Å². The summed E-state index contributed by atoms with van der Waals surface area (Å²) in [5.74, 6) is 0.611. The molecular weight excluding hydrogens is 296 g/mol. The quantitative estimate of drug-likeness (QED) is 0.810. The van der Waals surface area contributed by atoms with E-state index in [-0.39, 0.29) is 11.8 Å². The Morgan fingerprint density at radius 1 is 1.35 bits per heavy atom. The lowest BCUT2D eigenvalue weighted by Crippen LogP contribution is -2.34. The predicted molar refractivity (Wildman–Crippen MR) is 83.7 cm³/mol. The summed E-state index contributed by atoms with van der Waals surface area (Å²) in [5.41, 5.74) is 2.49. The highest BCUT2D eigenvalue weighted by molar-refractivity contribution is 6.04. The van der Waals surface area contributed by atoms with E-state index in [1.165, 1.54) is 0 Å². The van der Waals surface area contributed by atoms with Crippen LogP contribution in [-0.2, 0) is 4.79 Å². The highest BCUT2D eigenvalue weighted by Crippen LogP contribution is 2.39. The molecule has 0 saturated heterocycles. The number of hydrogen-bond donors (Lipinski definition) is 3. The number of anilines is 2. The van der Waals surface area contributed by atoms with Gasteiger partial charge in [0, 0.05) is 17.3 Å². The molecule has 1 aliphatic carbocycles. The fourth-order valence-electron chi connectivity index (χ4n) is 2.54. The molecule has 118 valence electrons. The van der Waals surface area contributed by atoms with E-state index in [4.69, 9.17) is 4.74 Å². The maximum atomic E-state index is 12.2. The van der Waals surface area contributed by atoms with Crippen molar-refractivity contribution in [3.8, 4) is 5.75 Å². The van der Waals surface area contributed by atoms with E-state index in [0.717, 1.165) is 18.5 Å². The number of aromatic nitrogens is 2. The predicted octanol–water partition coefficient (Wildman–Crippen LogP) is 2.26. The molecule has 4 rings (SSSR count). The topological polar surface area (TPSA) is 96.1 Å². The van der Waals surface area contributed by atoms with E-state index in [1.54, 1.807) is 31.2 Å². The second kappa shape index (κ2) is 5.12. The number of nitrogens with zero attached hydrogens (tertiary/aromatic N) is 1. The average Bonchev–Trinajstić information content (AvgIpc) is 3.26. The van der Waals surface area contributed by atoms with Gasteiger partial charge in [-0.2, -0.15) is 5.10 Å². The fourth-order valence-corrected chi connectivity index (χ4v) is 2.54. The molecule has 2 heterocycles. The molecule has 7 nitrogen and oxygen atoms in total. The van der Waals surface area contributed by atoms with Crippen molar-refractivity contribution < 1.29 is 14.3 Å². The summed E-state index contributed by atoms with van der Waals surface area (Å²) in [5, 5.41) is 12.5. The number of carbonyl (C=O) groups is 2. The van der Waals surface area contributed by atoms with Crippen molar-refractivity contribution in [2.75, 3.05) is 10.6 Å². The molecule has 2 aromatic rings. The molecule has 23 heavy (non-hydrogen) atoms. The molecule has 2 aliphatic rings. The number of amides is 2. The van der Waals surface area contributed by atoms with Crippen molar-refractivity contribution in [3.63, 3.8) is 0 Å². The van der Waals surface area contributed by atoms with E-state index in [1.807, 2.05) is 0 Å². The lowest BCUT2D eigenvalue weighted by molar-refractivity contribution is -0.122. The van der Waals surface area contributed by atoms with Crippen LogP contribution in [0.2, 0.25) is 0 Å². The van der Waals surface area contributed by atoms with Crippen molar-refractivity contribution in [1.29, 1.82) is 0 Å². The Balaban J connectivity index is 1.51. The Bertz CT molecular complexity index is 794. The van der Waals surface area contributed by atoms with Gasteiger partial charge in [-0.3, -0.25) is 14.7 Å². The third-order valence-electron chi connectivity index (χ3n) is 4.02. The zero-order chi connectivity index (χ0) is 16.0. The van der Waals surface area contributed by atoms with E-state index in [0.29, 0.717) is 28.7 Å². The SMILES string of the molecule is CC1Oc2ccc(NC(=O)c3cc(C4CC4)[nH]n3)cc2NC1=O. The van der Waals surface area contributed by atoms with Gasteiger partial charge in [-0.25, -0.2) is 0 Å². The second-order valence-electron chi connectivity index (χ2n) is 5.90. The number of carbonyl (C=O) groups excluding carboxylic acids is 2. The molecule has 1 aromatic carbocycles. The first-order chi connectivity index (χ1) is 11.1. The van der Waals surface area contributed by atoms with Crippen LogP contribution in [-0.4, -0.2) is 28.1 Å². The molecular formula is C16H16N4O3. The van der Waals surface area contributed by atoms with Gasteiger partial charge in [0.15, 0.2) is 11.8 Å². The first-order valence-corrected chi connectivity index (χ1v) is 7.58. The molecule has 1 unspecified atom stereocenters. The van der Waals surface area contributed by atoms with Crippen LogP contribution in [0.25, 0.3) is 0 Å². The Labute approximate surface area is 132 Å². The number of ether oxygens (including phenoxy) is 1. The van der Waals surface area contributed by atoms with Gasteiger partial charge in [0.2, 0.25) is 0 Å². The highest BCUT2D eigenvalue weighted by Gasteiger charge is 2.27. The van der Waals surface area contributed by atoms with Crippen LogP contribution >= 0.6 is 0 Å². The van der Waals surface area contributed by atoms with E-state index < -0.39 is 6.10 Å². The highest BCUT2D eigenvalue weighted by atomic mass is 16.5. The lowest BCUT2D eigenvalue weighted by atomic mass is 10.2. The van der Waals surface area contributed by atoms with Crippen LogP contribution < -0.4 is 15.4 Å². The van der Waals surface area contributed by atoms with Gasteiger partial charge in [-0.15, -0.1) is 0 Å². The number of fused-ring (bicyclic) bond motifs is 1. The summed E-state index contributed by atoms with van der Waals surface area (Å²) in [6.45, 7) is 1.68. The number of benzene rings is 1. The van der Waals surface area contributed by atoms with Crippen LogP contribution in [0.3, 0.4) is 0 Å². The second-order valence-corrected chi connectivity index (χ2v) is 5.90. The number of nitrogens with one attached hydrogen (secondary N) is 3. The molecule has 1 atom stereocenters. The van der Waals surface area contributed by atoms with E-state index in [9.17, 15) is 9.59 Å². The smallest absolute Gasteiger partial charge is 0.276 e. The summed E-state index contributed by atoms with van der Waals surface area (Å²) >= 11 is 0. The summed E-state index contributed by atoms with van der Waals surface area (Å²) in [4.78, 5) is 23.9. The maximum Gasteiger partial charge on any atom is 0.276 e. The average molecular weight is 312 g/mol. The minimum absolute atomic E-state index is 0.206. The van der Waals surface area contributed by atoms with Crippen molar-refractivity contribution in [2.45, 2.75) is 31.8 Å². The van der Waals surface area contributed by atoms with Gasteiger partial charge in [0.05, 0.1) is 5.69 Å². The first kappa shape index (κ1) is 13.8. The Kier molecular flexibility index (Phi) is 3.07. The van der Waals surface area contributed by atoms with Gasteiger partial charge >= 0.3 is 0 Å². The zero-order valence-corrected chi connectivity index (χ0v) is 12.6. The van der Waals surface area contributed by atoms with Gasteiger partial charge in [-0.05, 0) is 44.0 Å². The molecule has 0 radical (unpaired) electrons. The number of H-pyrrole nitrogens is 1. The van der Waals surface area contributed by atoms with Crippen molar-refractivity contribution >= 4 is 23.2 Å². The van der Waals surface area contributed by atoms with E-state index >= 15 is 0 Å². The number of rotatable bonds is 3. The van der Waals surface area contributed by atoms with Crippen LogP contribution in [0.15, 0.2) is 24.3 Å². The van der Waals surface area contributed by atoms with Crippen LogP contribution in [0.1, 0.15) is 41.9 Å². The maximum absolute atomic E-state index is 12.2. The summed E-state index contributed by atoms with van der Waals surface area (Å²) in [7, 11) is 0. The number of aromatic amines is 1. The molecule has 1 saturated carbocycles. The van der Waals surface area contributed by atoms with Crippen molar-refractivity contribution in [1.82, 2.24) is 10.2 Å². The summed E-state index contributed by atoms with van der Waals surface area (Å²) < 4.78 is 5.48. The van der Waals surface area contributed by atoms with Gasteiger partial charge < -0.3 is 15.4 Å². The standard InChI is InChI=1S/C16H16N4O3/c1-8-15(21)18-12-6-10(4-5-14(12)23-8)17-16(22)13-7-11(19-20-13)9-2-3-9/h4-9H,2-3H2,1H3,(H,17,22)(H,18,21)(H,19,20). The Morgan fingerprint density at radius 3 is 2.96 bits per heavy atom. The minimum atomic E-state index is -0.521. The third kappa shape index (κ3) is 2.65. The largest absolute Gasteiger partial charge is 0.479 e. The van der Waals surface area contributed by atoms with Crippen LogP contribution in [0.4, 0.5) is 11.4 Å². The van der Waals surface area contributed by atoms with Gasteiger partial charge in [0.1, 0.15) is 5.75 Å². The molecule has 0 bridgehead atoms. The first-order valence-electron chi connectivity index (χ1n) is 7.58. The zero-order valence-electron chi connectivity index (χ0n) is 12.6. The minimum Gasteiger partial charge on any atom is -0.479 e.